The molecule has 0 unspecified atom stereocenters. The molecule has 2 heterocycles. The van der Waals surface area contributed by atoms with Crippen LogP contribution in [-0.2, 0) is 6.54 Å². The van der Waals surface area contributed by atoms with Gasteiger partial charge in [-0.25, -0.2) is 4.68 Å². The Kier molecular flexibility index (Phi) is 6.18. The Morgan fingerprint density at radius 2 is 1.96 bits per heavy atom. The first-order valence-electron chi connectivity index (χ1n) is 9.40. The lowest BCUT2D eigenvalue weighted by Crippen LogP contribution is -2.45. The third-order valence-corrected chi connectivity index (χ3v) is 5.00. The van der Waals surface area contributed by atoms with Gasteiger partial charge in [0.1, 0.15) is 11.5 Å². The molecular formula is C20H26N4O4. The molecule has 0 bridgehead atoms. The lowest BCUT2D eigenvalue weighted by atomic mass is 10.0. The number of hydrogen-bond acceptors (Lipinski definition) is 6. The second-order valence-corrected chi connectivity index (χ2v) is 6.67. The van der Waals surface area contributed by atoms with Crippen LogP contribution in [0.2, 0.25) is 0 Å². The van der Waals surface area contributed by atoms with E-state index in [2.05, 4.69) is 15.3 Å². The van der Waals surface area contributed by atoms with E-state index in [-0.39, 0.29) is 17.5 Å². The van der Waals surface area contributed by atoms with Gasteiger partial charge in [0.15, 0.2) is 0 Å². The maximum absolute atomic E-state index is 12.7. The van der Waals surface area contributed by atoms with E-state index in [1.807, 2.05) is 6.92 Å². The Labute approximate surface area is 164 Å². The summed E-state index contributed by atoms with van der Waals surface area (Å²) in [7, 11) is 3.10. The molecule has 1 aromatic carbocycles. The zero-order valence-electron chi connectivity index (χ0n) is 16.5. The van der Waals surface area contributed by atoms with Crippen molar-refractivity contribution in [2.75, 3.05) is 32.2 Å². The van der Waals surface area contributed by atoms with Gasteiger partial charge in [0.2, 0.25) is 0 Å². The Bertz CT molecular complexity index is 888. The van der Waals surface area contributed by atoms with Crippen LogP contribution in [0.15, 0.2) is 35.3 Å². The summed E-state index contributed by atoms with van der Waals surface area (Å²) in [5.74, 6) is 0.960. The molecule has 0 aliphatic carbocycles. The zero-order valence-corrected chi connectivity index (χ0v) is 16.5. The molecular weight excluding hydrogens is 360 g/mol. The smallest absolute Gasteiger partial charge is 0.268 e. The number of benzene rings is 1. The third-order valence-electron chi connectivity index (χ3n) is 5.00. The molecule has 1 amide bonds. The van der Waals surface area contributed by atoms with Crippen molar-refractivity contribution in [1.29, 1.82) is 0 Å². The van der Waals surface area contributed by atoms with E-state index in [0.717, 1.165) is 31.6 Å². The minimum absolute atomic E-state index is 0.0690. The number of ether oxygens (including phenoxy) is 2. The molecule has 28 heavy (non-hydrogen) atoms. The van der Waals surface area contributed by atoms with Crippen LogP contribution in [0.5, 0.6) is 11.5 Å². The van der Waals surface area contributed by atoms with Crippen LogP contribution in [-0.4, -0.2) is 49.0 Å². The second kappa shape index (κ2) is 8.77. The SMILES string of the molecule is CCn1ncc(N2CCC(NC(=O)c3ccc(OC)cc3OC)CC2)cc1=O. The molecule has 1 saturated heterocycles. The van der Waals surface area contributed by atoms with Gasteiger partial charge >= 0.3 is 0 Å². The number of methoxy groups -OCH3 is 2. The molecule has 8 nitrogen and oxygen atoms in total. The number of nitrogens with one attached hydrogen (secondary N) is 1. The number of aryl methyl sites for hydroxylation is 1. The maximum Gasteiger partial charge on any atom is 0.268 e. The molecule has 2 aromatic rings. The highest BCUT2D eigenvalue weighted by Crippen LogP contribution is 2.25. The molecule has 150 valence electrons. The van der Waals surface area contributed by atoms with Crippen LogP contribution in [0.1, 0.15) is 30.1 Å². The summed E-state index contributed by atoms with van der Waals surface area (Å²) in [5, 5.41) is 7.26. The fraction of sp³-hybridized carbons (Fsp3) is 0.450. The number of nitrogens with zero attached hydrogens (tertiary/aromatic N) is 3. The normalized spacial score (nSPS) is 14.6. The summed E-state index contributed by atoms with van der Waals surface area (Å²) in [5.41, 5.74) is 1.22. The molecule has 0 saturated carbocycles. The van der Waals surface area contributed by atoms with Gasteiger partial charge in [-0.15, -0.1) is 0 Å². The molecule has 8 heteroatoms. The summed E-state index contributed by atoms with van der Waals surface area (Å²) < 4.78 is 11.9. The van der Waals surface area contributed by atoms with Crippen molar-refractivity contribution < 1.29 is 14.3 Å². The van der Waals surface area contributed by atoms with Gasteiger partial charge < -0.3 is 19.7 Å². The highest BCUT2D eigenvalue weighted by molar-refractivity contribution is 5.97. The Balaban J connectivity index is 1.60. The number of rotatable bonds is 6. The molecule has 1 aliphatic heterocycles. The maximum atomic E-state index is 12.7. The second-order valence-electron chi connectivity index (χ2n) is 6.67. The number of aromatic nitrogens is 2. The van der Waals surface area contributed by atoms with Gasteiger partial charge in [0.25, 0.3) is 11.5 Å². The quantitative estimate of drug-likeness (QED) is 0.813. The van der Waals surface area contributed by atoms with Crippen molar-refractivity contribution in [3.05, 3.63) is 46.4 Å². The lowest BCUT2D eigenvalue weighted by molar-refractivity contribution is 0.0928. The summed E-state index contributed by atoms with van der Waals surface area (Å²) in [6.45, 7) is 3.95. The van der Waals surface area contributed by atoms with Gasteiger partial charge in [-0.1, -0.05) is 0 Å². The number of hydrogen-bond donors (Lipinski definition) is 1. The Hall–Kier alpha value is -3.03. The van der Waals surface area contributed by atoms with Crippen LogP contribution >= 0.6 is 0 Å². The van der Waals surface area contributed by atoms with Crippen LogP contribution < -0.4 is 25.2 Å². The minimum atomic E-state index is -0.162. The lowest BCUT2D eigenvalue weighted by Gasteiger charge is -2.33. The number of piperidine rings is 1. The van der Waals surface area contributed by atoms with E-state index in [9.17, 15) is 9.59 Å². The molecule has 1 aromatic heterocycles. The molecule has 1 N–H and O–H groups in total. The van der Waals surface area contributed by atoms with Crippen LogP contribution in [0.4, 0.5) is 5.69 Å². The highest BCUT2D eigenvalue weighted by Gasteiger charge is 2.23. The van der Waals surface area contributed by atoms with Gasteiger partial charge in [0, 0.05) is 37.8 Å². The molecule has 1 aliphatic rings. The zero-order chi connectivity index (χ0) is 20.1. The van der Waals surface area contributed by atoms with E-state index >= 15 is 0 Å². The van der Waals surface area contributed by atoms with Gasteiger partial charge in [0.05, 0.1) is 31.7 Å². The molecule has 3 rings (SSSR count). The summed E-state index contributed by atoms with van der Waals surface area (Å²) in [4.78, 5) is 26.8. The predicted molar refractivity (Wildman–Crippen MR) is 106 cm³/mol. The minimum Gasteiger partial charge on any atom is -0.497 e. The van der Waals surface area contributed by atoms with Gasteiger partial charge in [-0.2, -0.15) is 5.10 Å². The number of amides is 1. The topological polar surface area (TPSA) is 85.7 Å². The summed E-state index contributed by atoms with van der Waals surface area (Å²) in [6, 6.07) is 6.84. The average molecular weight is 386 g/mol. The number of carbonyl (C=O) groups is 1. The van der Waals surface area contributed by atoms with E-state index in [4.69, 9.17) is 9.47 Å². The Morgan fingerprint density at radius 1 is 1.21 bits per heavy atom. The van der Waals surface area contributed by atoms with E-state index in [0.29, 0.717) is 23.6 Å². The van der Waals surface area contributed by atoms with Crippen LogP contribution in [0, 0.1) is 0 Å². The van der Waals surface area contributed by atoms with E-state index < -0.39 is 0 Å². The standard InChI is InChI=1S/C20H26N4O4/c1-4-24-19(25)11-15(13-21-24)23-9-7-14(8-10-23)22-20(26)17-6-5-16(27-2)12-18(17)28-3/h5-6,11-14H,4,7-10H2,1-3H3,(H,22,26). The van der Waals surface area contributed by atoms with Crippen molar-refractivity contribution >= 4 is 11.6 Å². The first-order chi connectivity index (χ1) is 13.5. The van der Waals surface area contributed by atoms with Crippen molar-refractivity contribution in [2.24, 2.45) is 0 Å². The predicted octanol–water partition coefficient (Wildman–Crippen LogP) is 1.68. The Morgan fingerprint density at radius 3 is 2.57 bits per heavy atom. The van der Waals surface area contributed by atoms with Crippen molar-refractivity contribution in [1.82, 2.24) is 15.1 Å². The van der Waals surface area contributed by atoms with Gasteiger partial charge in [-0.3, -0.25) is 9.59 Å². The van der Waals surface area contributed by atoms with E-state index in [1.54, 1.807) is 37.6 Å². The highest BCUT2D eigenvalue weighted by atomic mass is 16.5. The first kappa shape index (κ1) is 19.7. The summed E-state index contributed by atoms with van der Waals surface area (Å²) >= 11 is 0. The number of carbonyl (C=O) groups excluding carboxylic acids is 1. The monoisotopic (exact) mass is 386 g/mol. The fourth-order valence-corrected chi connectivity index (χ4v) is 3.37. The van der Waals surface area contributed by atoms with E-state index in [1.165, 1.54) is 11.8 Å². The molecule has 0 spiro atoms. The first-order valence-corrected chi connectivity index (χ1v) is 9.40. The molecule has 0 atom stereocenters. The van der Waals surface area contributed by atoms with Gasteiger partial charge in [-0.05, 0) is 31.9 Å². The average Bonchev–Trinajstić information content (AvgIpc) is 2.73. The van der Waals surface area contributed by atoms with Crippen LogP contribution in [0.25, 0.3) is 0 Å². The third kappa shape index (κ3) is 4.27. The largest absolute Gasteiger partial charge is 0.497 e. The molecule has 1 fully saturated rings. The van der Waals surface area contributed by atoms with Crippen molar-refractivity contribution in [3.63, 3.8) is 0 Å². The van der Waals surface area contributed by atoms with Crippen molar-refractivity contribution in [3.8, 4) is 11.5 Å². The summed E-state index contributed by atoms with van der Waals surface area (Å²) in [6.07, 6.45) is 3.31. The van der Waals surface area contributed by atoms with Crippen molar-refractivity contribution in [2.45, 2.75) is 32.4 Å². The molecule has 0 radical (unpaired) electrons. The number of anilines is 1. The fourth-order valence-electron chi connectivity index (χ4n) is 3.37. The van der Waals surface area contributed by atoms with Crippen LogP contribution in [0.3, 0.4) is 0 Å².